The average Bonchev–Trinajstić information content (AvgIpc) is 2.29. The fraction of sp³-hybridized carbons (Fsp3) is 0.909. The van der Waals surface area contributed by atoms with Gasteiger partial charge in [0, 0.05) is 7.98 Å². The molecular formula is C11H21NO3. The summed E-state index contributed by atoms with van der Waals surface area (Å²) in [5.74, 6) is -0.903. The van der Waals surface area contributed by atoms with E-state index in [0.717, 1.165) is 12.8 Å². The van der Waals surface area contributed by atoms with E-state index in [-0.39, 0.29) is 7.02 Å². The number of nitrogens with one attached hydrogen (secondary N) is 1. The van der Waals surface area contributed by atoms with E-state index in [1.807, 2.05) is 0 Å². The Bertz CT molecular complexity index is 207. The fourth-order valence-electron chi connectivity index (χ4n) is 1.90. The van der Waals surface area contributed by atoms with Crippen molar-refractivity contribution < 1.29 is 16.0 Å². The predicted octanol–water partition coefficient (Wildman–Crippen LogP) is 1.40. The topological polar surface area (TPSA) is 58.6 Å². The number of rotatable bonds is 6. The molecule has 88 valence electrons. The van der Waals surface area contributed by atoms with Crippen molar-refractivity contribution in [3.8, 4) is 0 Å². The van der Waals surface area contributed by atoms with E-state index in [2.05, 4.69) is 5.32 Å². The zero-order valence-electron chi connectivity index (χ0n) is 10.1. The highest BCUT2D eigenvalue weighted by Crippen LogP contribution is 2.20. The van der Waals surface area contributed by atoms with E-state index in [9.17, 15) is 4.79 Å². The molecular weight excluding hydrogens is 194 g/mol. The van der Waals surface area contributed by atoms with Crippen molar-refractivity contribution in [1.82, 2.24) is 5.32 Å². The largest absolute Gasteiger partial charge is 0.480 e. The van der Waals surface area contributed by atoms with Crippen molar-refractivity contribution in [1.29, 1.82) is 0 Å². The highest BCUT2D eigenvalue weighted by molar-refractivity contribution is 5.73. The second-order valence-corrected chi connectivity index (χ2v) is 4.01. The molecule has 1 aliphatic rings. The maximum absolute atomic E-state index is 10.8. The normalized spacial score (nSPS) is 20.9. The molecule has 0 bridgehead atoms. The lowest BCUT2D eigenvalue weighted by Gasteiger charge is -2.22. The van der Waals surface area contributed by atoms with E-state index >= 15 is 0 Å². The Labute approximate surface area is 92.4 Å². The minimum atomic E-state index is -0.903. The molecule has 0 unspecified atom stereocenters. The predicted molar refractivity (Wildman–Crippen MR) is 57.9 cm³/mol. The van der Waals surface area contributed by atoms with Gasteiger partial charge in [0.1, 0.15) is 6.04 Å². The maximum Gasteiger partial charge on any atom is 0.320 e. The first-order valence-corrected chi connectivity index (χ1v) is 5.61. The summed E-state index contributed by atoms with van der Waals surface area (Å²) in [6.07, 6.45) is 6.69. The molecule has 1 aliphatic carbocycles. The highest BCUT2D eigenvalue weighted by Gasteiger charge is 2.17. The van der Waals surface area contributed by atoms with Gasteiger partial charge in [-0.1, -0.05) is 19.3 Å². The number of hydrogen-bond acceptors (Lipinski definition) is 3. The smallest absolute Gasteiger partial charge is 0.320 e. The summed E-state index contributed by atoms with van der Waals surface area (Å²) < 4.78 is 12.6. The van der Waals surface area contributed by atoms with Crippen molar-refractivity contribution in [3.63, 3.8) is 0 Å². The van der Waals surface area contributed by atoms with Gasteiger partial charge in [0.15, 0.2) is 0 Å². The molecule has 0 aromatic heterocycles. The van der Waals surface area contributed by atoms with Crippen LogP contribution in [-0.2, 0) is 9.53 Å². The molecule has 0 aliphatic heterocycles. The standard InChI is InChI=1S/C11H21NO3/c1-12-10(11(13)14)7-8-15-9-5-3-2-4-6-9/h9-10,12H,2-8H2,1H3,(H,13,14)/t10-/m0/s1/i1D. The zero-order valence-corrected chi connectivity index (χ0v) is 9.08. The lowest BCUT2D eigenvalue weighted by Crippen LogP contribution is -2.35. The average molecular weight is 216 g/mol. The molecule has 0 heterocycles. The number of likely N-dealkylation sites (N-methyl/N-ethyl adjacent to an activating group) is 1. The van der Waals surface area contributed by atoms with E-state index in [0.29, 0.717) is 19.1 Å². The van der Waals surface area contributed by atoms with Crippen LogP contribution in [0.5, 0.6) is 0 Å². The quantitative estimate of drug-likeness (QED) is 0.704. The van der Waals surface area contributed by atoms with Crippen LogP contribution < -0.4 is 5.32 Å². The van der Waals surface area contributed by atoms with E-state index in [1.165, 1.54) is 19.3 Å². The van der Waals surface area contributed by atoms with Gasteiger partial charge in [-0.25, -0.2) is 0 Å². The first-order valence-electron chi connectivity index (χ1n) is 6.31. The van der Waals surface area contributed by atoms with Crippen molar-refractivity contribution in [3.05, 3.63) is 0 Å². The number of carboxylic acid groups (broad SMARTS) is 1. The molecule has 0 saturated heterocycles. The van der Waals surface area contributed by atoms with Crippen LogP contribution in [0.15, 0.2) is 0 Å². The van der Waals surface area contributed by atoms with Gasteiger partial charge in [-0.3, -0.25) is 4.79 Å². The lowest BCUT2D eigenvalue weighted by molar-refractivity contribution is -0.140. The second-order valence-electron chi connectivity index (χ2n) is 4.01. The summed E-state index contributed by atoms with van der Waals surface area (Å²) in [5.41, 5.74) is 0. The van der Waals surface area contributed by atoms with Crippen LogP contribution in [-0.4, -0.2) is 36.9 Å². The first kappa shape index (κ1) is 10.9. The van der Waals surface area contributed by atoms with Crippen LogP contribution in [0.1, 0.15) is 39.9 Å². The van der Waals surface area contributed by atoms with E-state index in [4.69, 9.17) is 11.2 Å². The van der Waals surface area contributed by atoms with Crippen molar-refractivity contribution in [2.75, 3.05) is 13.6 Å². The van der Waals surface area contributed by atoms with Crippen LogP contribution in [0.2, 0.25) is 0 Å². The zero-order chi connectivity index (χ0) is 11.8. The van der Waals surface area contributed by atoms with E-state index in [1.54, 1.807) is 0 Å². The third-order valence-corrected chi connectivity index (χ3v) is 2.86. The molecule has 1 fully saturated rings. The summed E-state index contributed by atoms with van der Waals surface area (Å²) in [4.78, 5) is 10.8. The van der Waals surface area contributed by atoms with Crippen LogP contribution >= 0.6 is 0 Å². The molecule has 0 radical (unpaired) electrons. The van der Waals surface area contributed by atoms with Gasteiger partial charge in [0.05, 0.1) is 6.10 Å². The second kappa shape index (κ2) is 6.80. The molecule has 1 saturated carbocycles. The summed E-state index contributed by atoms with van der Waals surface area (Å²) in [6.45, 7) is 0.467. The molecule has 2 N–H and O–H groups in total. The SMILES string of the molecule is [2H]CN[C@@H](CCOC1CCCCC1)C(=O)O. The molecule has 0 spiro atoms. The highest BCUT2D eigenvalue weighted by atomic mass is 16.5. The summed E-state index contributed by atoms with van der Waals surface area (Å²) in [5, 5.41) is 11.4. The lowest BCUT2D eigenvalue weighted by atomic mass is 9.98. The summed E-state index contributed by atoms with van der Waals surface area (Å²) in [7, 11) is -0.0691. The molecule has 0 aromatic rings. The number of aliphatic carboxylic acids is 1. The third-order valence-electron chi connectivity index (χ3n) is 2.86. The van der Waals surface area contributed by atoms with E-state index < -0.39 is 12.0 Å². The molecule has 0 amide bonds. The fourth-order valence-corrected chi connectivity index (χ4v) is 1.90. The number of hydrogen-bond donors (Lipinski definition) is 2. The van der Waals surface area contributed by atoms with Crippen molar-refractivity contribution in [2.45, 2.75) is 50.7 Å². The number of ether oxygens (including phenoxy) is 1. The minimum absolute atomic E-state index is 0.0691. The Kier molecular flexibility index (Phi) is 4.94. The van der Waals surface area contributed by atoms with Crippen LogP contribution in [0.4, 0.5) is 0 Å². The maximum atomic E-state index is 10.8. The van der Waals surface area contributed by atoms with Gasteiger partial charge in [0.25, 0.3) is 0 Å². The van der Waals surface area contributed by atoms with Gasteiger partial charge in [0.2, 0.25) is 0 Å². The molecule has 4 heteroatoms. The molecule has 4 nitrogen and oxygen atoms in total. The third kappa shape index (κ3) is 4.62. The van der Waals surface area contributed by atoms with Crippen molar-refractivity contribution in [2.24, 2.45) is 0 Å². The van der Waals surface area contributed by atoms with Gasteiger partial charge in [-0.2, -0.15) is 0 Å². The van der Waals surface area contributed by atoms with Crippen LogP contribution in [0.3, 0.4) is 0 Å². The monoisotopic (exact) mass is 216 g/mol. The minimum Gasteiger partial charge on any atom is -0.480 e. The van der Waals surface area contributed by atoms with Gasteiger partial charge < -0.3 is 15.2 Å². The number of carbonyl (C=O) groups is 1. The summed E-state index contributed by atoms with van der Waals surface area (Å²) >= 11 is 0. The number of carboxylic acids is 1. The Hall–Kier alpha value is -0.610. The first-order chi connectivity index (χ1) is 7.74. The summed E-state index contributed by atoms with van der Waals surface area (Å²) in [6, 6.07) is -0.652. The van der Waals surface area contributed by atoms with Gasteiger partial charge in [-0.15, -0.1) is 0 Å². The van der Waals surface area contributed by atoms with Crippen molar-refractivity contribution >= 4 is 5.97 Å². The van der Waals surface area contributed by atoms with Crippen LogP contribution in [0, 0.1) is 0 Å². The molecule has 0 aromatic carbocycles. The molecule has 15 heavy (non-hydrogen) atoms. The Morgan fingerprint density at radius 3 is 2.93 bits per heavy atom. The molecule has 1 atom stereocenters. The Morgan fingerprint density at radius 2 is 2.33 bits per heavy atom. The van der Waals surface area contributed by atoms with Gasteiger partial charge in [-0.05, 0) is 26.3 Å². The Morgan fingerprint density at radius 1 is 1.60 bits per heavy atom. The molecule has 1 rings (SSSR count). The Balaban J connectivity index is 2.13. The van der Waals surface area contributed by atoms with Gasteiger partial charge >= 0.3 is 5.97 Å². The van der Waals surface area contributed by atoms with Crippen LogP contribution in [0.25, 0.3) is 0 Å².